The second kappa shape index (κ2) is 18.6. The summed E-state index contributed by atoms with van der Waals surface area (Å²) in [5.41, 5.74) is 0.592. The summed E-state index contributed by atoms with van der Waals surface area (Å²) < 4.78 is 33.4. The maximum absolute atomic E-state index is 11.3. The van der Waals surface area contributed by atoms with Gasteiger partial charge in [0.05, 0.1) is 0 Å². The molecule has 1 aliphatic carbocycles. The Morgan fingerprint density at radius 2 is 1.45 bits per heavy atom. The predicted octanol–water partition coefficient (Wildman–Crippen LogP) is 5.57. The lowest BCUT2D eigenvalue weighted by atomic mass is 9.92. The molecule has 194 valence electrons. The van der Waals surface area contributed by atoms with E-state index in [-0.39, 0.29) is 5.78 Å². The molecule has 1 unspecified atom stereocenters. The Labute approximate surface area is 204 Å². The van der Waals surface area contributed by atoms with Crippen LogP contribution in [0.3, 0.4) is 0 Å². The van der Waals surface area contributed by atoms with Crippen molar-refractivity contribution in [3.05, 3.63) is 24.3 Å². The number of ketones is 1. The number of rotatable bonds is 17. The van der Waals surface area contributed by atoms with Crippen LogP contribution in [-0.2, 0) is 31.4 Å². The molecule has 9 heteroatoms. The zero-order valence-electron chi connectivity index (χ0n) is 22.1. The monoisotopic (exact) mass is 504 g/mol. The zero-order valence-corrected chi connectivity index (χ0v) is 24.1. The van der Waals surface area contributed by atoms with E-state index in [4.69, 9.17) is 26.6 Å². The molecule has 0 N–H and O–H groups in total. The highest BCUT2D eigenvalue weighted by molar-refractivity contribution is 6.61. The van der Waals surface area contributed by atoms with Crippen molar-refractivity contribution in [2.75, 3.05) is 41.2 Å². The van der Waals surface area contributed by atoms with Crippen LogP contribution in [0.5, 0.6) is 0 Å². The average molecular weight is 505 g/mol. The summed E-state index contributed by atoms with van der Waals surface area (Å²) in [6.07, 6.45) is 10.6. The summed E-state index contributed by atoms with van der Waals surface area (Å²) in [6, 6.07) is 1.61. The van der Waals surface area contributed by atoms with Gasteiger partial charge in [0.25, 0.3) is 0 Å². The molecule has 0 fully saturated rings. The van der Waals surface area contributed by atoms with Gasteiger partial charge in [-0.25, -0.2) is 0 Å². The molecular weight excluding hydrogens is 456 g/mol. The van der Waals surface area contributed by atoms with E-state index in [2.05, 4.69) is 18.7 Å². The number of allylic oxidation sites excluding steroid dienone is 3. The van der Waals surface area contributed by atoms with Gasteiger partial charge in [-0.2, -0.15) is 0 Å². The van der Waals surface area contributed by atoms with Crippen LogP contribution in [0.1, 0.15) is 66.2 Å². The van der Waals surface area contributed by atoms with Crippen LogP contribution in [0.15, 0.2) is 24.3 Å². The first-order valence-electron chi connectivity index (χ1n) is 12.2. The summed E-state index contributed by atoms with van der Waals surface area (Å²) in [5, 5.41) is 0. The second-order valence-electron chi connectivity index (χ2n) is 8.02. The highest BCUT2D eigenvalue weighted by Crippen LogP contribution is 2.28. The van der Waals surface area contributed by atoms with Gasteiger partial charge in [-0.15, -0.1) is 0 Å². The fraction of sp³-hybridized carbons (Fsp3) is 0.792. The smallest absolute Gasteiger partial charge is 0.377 e. The Hall–Kier alpha value is -0.656. The number of Topliss-reactive ketones (excluding diaryl/α,β-unsaturated/α-hetero) is 1. The molecule has 0 spiro atoms. The molecule has 7 nitrogen and oxygen atoms in total. The predicted molar refractivity (Wildman–Crippen MR) is 137 cm³/mol. The summed E-state index contributed by atoms with van der Waals surface area (Å²) in [4.78, 5) is 11.3. The fourth-order valence-electron chi connectivity index (χ4n) is 3.74. The fourth-order valence-corrected chi connectivity index (χ4v) is 8.22. The van der Waals surface area contributed by atoms with Crippen LogP contribution in [-0.4, -0.2) is 64.5 Å². The van der Waals surface area contributed by atoms with E-state index < -0.39 is 17.6 Å². The van der Waals surface area contributed by atoms with Crippen LogP contribution in [0.4, 0.5) is 0 Å². The molecule has 0 aliphatic heterocycles. The molecule has 0 bridgehead atoms. The quantitative estimate of drug-likeness (QED) is 0.146. The van der Waals surface area contributed by atoms with E-state index in [9.17, 15) is 4.79 Å². The van der Waals surface area contributed by atoms with Crippen LogP contribution in [0.25, 0.3) is 0 Å². The van der Waals surface area contributed by atoms with Crippen LogP contribution < -0.4 is 0 Å². The highest BCUT2D eigenvalue weighted by Gasteiger charge is 2.40. The van der Waals surface area contributed by atoms with Gasteiger partial charge in [-0.1, -0.05) is 18.7 Å². The van der Waals surface area contributed by atoms with Crippen LogP contribution in [0.2, 0.25) is 12.1 Å². The minimum Gasteiger partial charge on any atom is -0.377 e. The normalized spacial score (nSPS) is 16.3. The first-order valence-corrected chi connectivity index (χ1v) is 16.0. The number of hydrogen-bond donors (Lipinski definition) is 0. The molecule has 1 atom stereocenters. The van der Waals surface area contributed by atoms with E-state index in [0.717, 1.165) is 18.4 Å². The topological polar surface area (TPSA) is 72.5 Å². The molecule has 0 aromatic carbocycles. The minimum atomic E-state index is -2.50. The lowest BCUT2D eigenvalue weighted by Crippen LogP contribution is -2.46. The minimum absolute atomic E-state index is 0.0845. The first kappa shape index (κ1) is 32.3. The van der Waals surface area contributed by atoms with Crippen molar-refractivity contribution in [2.45, 2.75) is 78.3 Å². The Morgan fingerprint density at radius 3 is 1.85 bits per heavy atom. The number of carbonyl (C=O) groups excluding carboxylic acids is 1. The molecule has 1 aliphatic rings. The third-order valence-corrected chi connectivity index (χ3v) is 11.5. The molecule has 0 saturated carbocycles. The number of hydrogen-bond acceptors (Lipinski definition) is 7. The van der Waals surface area contributed by atoms with Crippen molar-refractivity contribution in [3.63, 3.8) is 0 Å². The van der Waals surface area contributed by atoms with E-state index >= 15 is 0 Å². The standard InChI is InChI=1S/C14H28O3Si.C10H20O4Si/c1-4-15-18(16-5-2,17-6-3)13-12-14-10-8-7-9-11-14;1-9(2)10(11)7-6-8-15(12-3,13-4)14-5/h7-8,14H,4-6,9-13H2,1-3H3;1,6-8H2,2-5H3. The van der Waals surface area contributed by atoms with E-state index in [1.165, 1.54) is 19.3 Å². The van der Waals surface area contributed by atoms with Crippen molar-refractivity contribution >= 4 is 23.4 Å². The lowest BCUT2D eigenvalue weighted by Gasteiger charge is -2.30. The summed E-state index contributed by atoms with van der Waals surface area (Å²) in [5.74, 6) is 0.865. The largest absolute Gasteiger partial charge is 0.500 e. The van der Waals surface area contributed by atoms with Crippen LogP contribution in [0, 0.1) is 5.92 Å². The van der Waals surface area contributed by atoms with Crippen LogP contribution >= 0.6 is 0 Å². The molecule has 0 amide bonds. The van der Waals surface area contributed by atoms with E-state index in [1.807, 2.05) is 20.8 Å². The van der Waals surface area contributed by atoms with Gasteiger partial charge >= 0.3 is 17.6 Å². The van der Waals surface area contributed by atoms with Crippen molar-refractivity contribution < 1.29 is 31.4 Å². The average Bonchev–Trinajstić information content (AvgIpc) is 2.82. The molecule has 0 aromatic rings. The van der Waals surface area contributed by atoms with Crippen molar-refractivity contribution in [2.24, 2.45) is 5.92 Å². The molecule has 0 radical (unpaired) electrons. The second-order valence-corrected chi connectivity index (χ2v) is 13.8. The lowest BCUT2D eigenvalue weighted by molar-refractivity contribution is -0.115. The first-order chi connectivity index (χ1) is 15.8. The van der Waals surface area contributed by atoms with Gasteiger partial charge < -0.3 is 26.6 Å². The van der Waals surface area contributed by atoms with Gasteiger partial charge in [0, 0.05) is 59.7 Å². The summed E-state index contributed by atoms with van der Waals surface area (Å²) in [6.45, 7) is 13.4. The summed E-state index contributed by atoms with van der Waals surface area (Å²) in [7, 11) is -0.197. The highest BCUT2D eigenvalue weighted by atomic mass is 28.4. The number of carbonyl (C=O) groups is 1. The third kappa shape index (κ3) is 13.1. The maximum atomic E-state index is 11.3. The van der Waals surface area contributed by atoms with E-state index in [0.29, 0.717) is 44.3 Å². The zero-order chi connectivity index (χ0) is 25.2. The van der Waals surface area contributed by atoms with E-state index in [1.54, 1.807) is 28.3 Å². The van der Waals surface area contributed by atoms with Gasteiger partial charge in [-0.05, 0) is 71.3 Å². The summed E-state index contributed by atoms with van der Waals surface area (Å²) >= 11 is 0. The SMILES string of the molecule is C=C(C)C(=O)CCC[Si](OC)(OC)OC.CCO[Si](CCC1CC=CCC1)(OCC)OCC. The van der Waals surface area contributed by atoms with Gasteiger partial charge in [0.15, 0.2) is 5.78 Å². The van der Waals surface area contributed by atoms with Gasteiger partial charge in [-0.3, -0.25) is 4.79 Å². The van der Waals surface area contributed by atoms with Crippen molar-refractivity contribution in [3.8, 4) is 0 Å². The Balaban J connectivity index is 0.000000633. The maximum Gasteiger partial charge on any atom is 0.500 e. The molecule has 33 heavy (non-hydrogen) atoms. The molecule has 0 aromatic heterocycles. The Bertz CT molecular complexity index is 540. The molecule has 0 heterocycles. The molecular formula is C24H48O7Si2. The van der Waals surface area contributed by atoms with Gasteiger partial charge in [0.1, 0.15) is 0 Å². The van der Waals surface area contributed by atoms with Crippen molar-refractivity contribution in [1.29, 1.82) is 0 Å². The Morgan fingerprint density at radius 1 is 0.909 bits per heavy atom. The van der Waals surface area contributed by atoms with Gasteiger partial charge in [0.2, 0.25) is 0 Å². The Kier molecular flexibility index (Phi) is 18.3. The van der Waals surface area contributed by atoms with Crippen molar-refractivity contribution in [1.82, 2.24) is 0 Å². The molecule has 0 saturated heterocycles. The third-order valence-electron chi connectivity index (χ3n) is 5.63. The molecule has 1 rings (SSSR count).